The number of urea groups is 1. The molecule has 0 aliphatic carbocycles. The van der Waals surface area contributed by atoms with E-state index in [-0.39, 0.29) is 19.2 Å². The summed E-state index contributed by atoms with van der Waals surface area (Å²) in [6.45, 7) is 6.01. The molecular formula is C10H20N2O4Si. The van der Waals surface area contributed by atoms with Gasteiger partial charge in [-0.3, -0.25) is 0 Å². The average Bonchev–Trinajstić information content (AvgIpc) is 2.29. The Labute approximate surface area is 103 Å². The van der Waals surface area contributed by atoms with Gasteiger partial charge in [0, 0.05) is 12.6 Å². The van der Waals surface area contributed by atoms with Gasteiger partial charge < -0.3 is 20.2 Å². The summed E-state index contributed by atoms with van der Waals surface area (Å²) in [5.41, 5.74) is 0. The third kappa shape index (κ3) is 10.9. The fourth-order valence-electron chi connectivity index (χ4n) is 1.04. The van der Waals surface area contributed by atoms with E-state index in [4.69, 9.17) is 4.80 Å². The molecule has 0 heterocycles. The highest BCUT2D eigenvalue weighted by atomic mass is 28.3. The Bertz CT molecular complexity index is 259. The molecule has 17 heavy (non-hydrogen) atoms. The average molecular weight is 260 g/mol. The van der Waals surface area contributed by atoms with Crippen molar-refractivity contribution < 1.29 is 19.1 Å². The molecule has 0 fully saturated rings. The molecule has 3 N–H and O–H groups in total. The maximum Gasteiger partial charge on any atom is 0.330 e. The molecule has 0 radical (unpaired) electrons. The van der Waals surface area contributed by atoms with Gasteiger partial charge in [0.05, 0.1) is 6.54 Å². The van der Waals surface area contributed by atoms with Gasteiger partial charge in [0.1, 0.15) is 6.61 Å². The summed E-state index contributed by atoms with van der Waals surface area (Å²) in [6.07, 6.45) is 1.85. The van der Waals surface area contributed by atoms with Crippen molar-refractivity contribution in [3.05, 3.63) is 12.7 Å². The third-order valence-electron chi connectivity index (χ3n) is 1.88. The van der Waals surface area contributed by atoms with Crippen LogP contribution in [0.1, 0.15) is 6.42 Å². The second-order valence-corrected chi connectivity index (χ2v) is 5.82. The standard InChI is InChI=1S/C10H20N2O4Si/c1-3-9(13)16-7-6-12-10(14)11-5-4-8-17(2)15/h3,15,17H,1,4-8H2,2H3,(H2,11,12,14). The first-order valence-corrected chi connectivity index (χ1v) is 8.04. The van der Waals surface area contributed by atoms with E-state index in [9.17, 15) is 9.59 Å². The second kappa shape index (κ2) is 9.85. The van der Waals surface area contributed by atoms with Gasteiger partial charge in [0.25, 0.3) is 0 Å². The van der Waals surface area contributed by atoms with Crippen molar-refractivity contribution in [2.45, 2.75) is 19.0 Å². The minimum Gasteiger partial charge on any atom is -0.461 e. The Balaban J connectivity index is 3.35. The van der Waals surface area contributed by atoms with E-state index in [1.165, 1.54) is 0 Å². The minimum atomic E-state index is -1.51. The van der Waals surface area contributed by atoms with Crippen molar-refractivity contribution in [1.82, 2.24) is 10.6 Å². The van der Waals surface area contributed by atoms with Crippen LogP contribution in [0.15, 0.2) is 12.7 Å². The van der Waals surface area contributed by atoms with E-state index < -0.39 is 15.0 Å². The first kappa shape index (κ1) is 15.7. The molecule has 1 atom stereocenters. The van der Waals surface area contributed by atoms with Crippen LogP contribution in [-0.4, -0.2) is 45.5 Å². The van der Waals surface area contributed by atoms with Crippen molar-refractivity contribution in [2.75, 3.05) is 19.7 Å². The Kier molecular flexibility index (Phi) is 9.07. The lowest BCUT2D eigenvalue weighted by atomic mass is 10.5. The third-order valence-corrected chi connectivity index (χ3v) is 3.13. The van der Waals surface area contributed by atoms with E-state index in [0.717, 1.165) is 18.5 Å². The summed E-state index contributed by atoms with van der Waals surface area (Å²) in [5, 5.41) is 5.18. The molecule has 1 unspecified atom stereocenters. The normalized spacial score (nSPS) is 11.4. The predicted octanol–water partition coefficient (Wildman–Crippen LogP) is -0.249. The largest absolute Gasteiger partial charge is 0.461 e. The quantitative estimate of drug-likeness (QED) is 0.243. The molecule has 2 amide bonds. The molecule has 0 spiro atoms. The maximum absolute atomic E-state index is 11.2. The van der Waals surface area contributed by atoms with Crippen LogP contribution in [0.25, 0.3) is 0 Å². The lowest BCUT2D eigenvalue weighted by Gasteiger charge is -2.07. The number of amides is 2. The summed E-state index contributed by atoms with van der Waals surface area (Å²) < 4.78 is 4.67. The molecule has 0 aromatic heterocycles. The number of ether oxygens (including phenoxy) is 1. The van der Waals surface area contributed by atoms with Gasteiger partial charge in [0.2, 0.25) is 0 Å². The number of rotatable bonds is 8. The van der Waals surface area contributed by atoms with Crippen LogP contribution in [0.4, 0.5) is 4.79 Å². The Morgan fingerprint density at radius 3 is 2.65 bits per heavy atom. The van der Waals surface area contributed by atoms with Gasteiger partial charge in [-0.05, 0) is 19.0 Å². The monoisotopic (exact) mass is 260 g/mol. The highest BCUT2D eigenvalue weighted by Crippen LogP contribution is 1.91. The molecule has 0 aromatic carbocycles. The zero-order valence-corrected chi connectivity index (χ0v) is 11.2. The van der Waals surface area contributed by atoms with Crippen molar-refractivity contribution >= 4 is 21.0 Å². The first-order chi connectivity index (χ1) is 8.06. The van der Waals surface area contributed by atoms with Gasteiger partial charge >= 0.3 is 12.0 Å². The number of nitrogens with one attached hydrogen (secondary N) is 2. The van der Waals surface area contributed by atoms with Gasteiger partial charge in [0.15, 0.2) is 9.04 Å². The highest BCUT2D eigenvalue weighted by Gasteiger charge is 2.01. The number of hydrogen-bond donors (Lipinski definition) is 3. The SMILES string of the molecule is C=CC(=O)OCCNC(=O)NCCC[SiH](C)O. The molecule has 0 bridgehead atoms. The number of hydrogen-bond acceptors (Lipinski definition) is 4. The van der Waals surface area contributed by atoms with Crippen LogP contribution in [0, 0.1) is 0 Å². The van der Waals surface area contributed by atoms with Crippen molar-refractivity contribution in [3.63, 3.8) is 0 Å². The van der Waals surface area contributed by atoms with E-state index >= 15 is 0 Å². The summed E-state index contributed by atoms with van der Waals surface area (Å²) in [5.74, 6) is -0.505. The van der Waals surface area contributed by atoms with E-state index in [2.05, 4.69) is 21.9 Å². The van der Waals surface area contributed by atoms with Gasteiger partial charge in [-0.2, -0.15) is 0 Å². The topological polar surface area (TPSA) is 87.7 Å². The second-order valence-electron chi connectivity index (χ2n) is 3.55. The molecule has 0 aliphatic heterocycles. The molecule has 0 aliphatic rings. The summed E-state index contributed by atoms with van der Waals surface area (Å²) in [7, 11) is -1.51. The van der Waals surface area contributed by atoms with Crippen molar-refractivity contribution in [2.24, 2.45) is 0 Å². The summed E-state index contributed by atoms with van der Waals surface area (Å²) >= 11 is 0. The predicted molar refractivity (Wildman–Crippen MR) is 67.2 cm³/mol. The molecule has 0 saturated heterocycles. The Hall–Kier alpha value is -1.34. The first-order valence-electron chi connectivity index (χ1n) is 5.55. The fourth-order valence-corrected chi connectivity index (χ4v) is 1.83. The molecule has 7 heteroatoms. The van der Waals surface area contributed by atoms with Crippen molar-refractivity contribution in [1.29, 1.82) is 0 Å². The van der Waals surface area contributed by atoms with E-state index in [1.807, 2.05) is 6.55 Å². The molecular weight excluding hydrogens is 240 g/mol. The van der Waals surface area contributed by atoms with Gasteiger partial charge in [-0.15, -0.1) is 0 Å². The van der Waals surface area contributed by atoms with Gasteiger partial charge in [-0.1, -0.05) is 6.58 Å². The van der Waals surface area contributed by atoms with E-state index in [0.29, 0.717) is 6.54 Å². The Morgan fingerprint density at radius 1 is 1.41 bits per heavy atom. The van der Waals surface area contributed by atoms with Crippen molar-refractivity contribution in [3.8, 4) is 0 Å². The van der Waals surface area contributed by atoms with E-state index in [1.54, 1.807) is 0 Å². The van der Waals surface area contributed by atoms with Crippen LogP contribution in [0.5, 0.6) is 0 Å². The zero-order chi connectivity index (χ0) is 13.1. The number of esters is 1. The minimum absolute atomic E-state index is 0.124. The molecule has 6 nitrogen and oxygen atoms in total. The summed E-state index contributed by atoms with van der Waals surface area (Å²) in [6, 6.07) is 0.490. The van der Waals surface area contributed by atoms with Crippen LogP contribution in [0.2, 0.25) is 12.6 Å². The van der Waals surface area contributed by atoms with Crippen LogP contribution >= 0.6 is 0 Å². The lowest BCUT2D eigenvalue weighted by Crippen LogP contribution is -2.38. The molecule has 0 rings (SSSR count). The lowest BCUT2D eigenvalue weighted by molar-refractivity contribution is -0.137. The molecule has 98 valence electrons. The smallest absolute Gasteiger partial charge is 0.330 e. The van der Waals surface area contributed by atoms with Crippen LogP contribution in [0.3, 0.4) is 0 Å². The fraction of sp³-hybridized carbons (Fsp3) is 0.600. The van der Waals surface area contributed by atoms with Gasteiger partial charge in [-0.25, -0.2) is 9.59 Å². The van der Waals surface area contributed by atoms with Crippen LogP contribution in [-0.2, 0) is 9.53 Å². The summed E-state index contributed by atoms with van der Waals surface area (Å²) in [4.78, 5) is 30.9. The molecule has 0 saturated carbocycles. The van der Waals surface area contributed by atoms with Crippen LogP contribution < -0.4 is 10.6 Å². The maximum atomic E-state index is 11.2. The zero-order valence-electron chi connectivity index (χ0n) is 10.1. The molecule has 0 aromatic rings. The number of carbonyl (C=O) groups is 2. The number of carbonyl (C=O) groups excluding carboxylic acids is 2. The Morgan fingerprint density at radius 2 is 2.06 bits per heavy atom. The highest BCUT2D eigenvalue weighted by molar-refractivity contribution is 6.48.